The summed E-state index contributed by atoms with van der Waals surface area (Å²) in [7, 11) is 0. The van der Waals surface area contributed by atoms with Gasteiger partial charge in [-0.15, -0.1) is 31.7 Å². The predicted molar refractivity (Wildman–Crippen MR) is 59.1 cm³/mol. The minimum absolute atomic E-state index is 0. The first-order valence-electron chi connectivity index (χ1n) is 3.75. The van der Waals surface area contributed by atoms with Crippen molar-refractivity contribution in [3.8, 4) is 0 Å². The van der Waals surface area contributed by atoms with Crippen LogP contribution in [0.3, 0.4) is 0 Å². The van der Waals surface area contributed by atoms with Gasteiger partial charge in [-0.25, -0.2) is 5.57 Å². The second-order valence-electron chi connectivity index (χ2n) is 3.62. The average Bonchev–Trinajstić information content (AvgIpc) is 1.95. The van der Waals surface area contributed by atoms with Crippen LogP contribution in [0.4, 0.5) is 0 Å². The van der Waals surface area contributed by atoms with Crippen molar-refractivity contribution in [1.82, 2.24) is 0 Å². The quantitative estimate of drug-likeness (QED) is 0.454. The summed E-state index contributed by atoms with van der Waals surface area (Å²) in [4.78, 5) is 0. The average molecular weight is 256 g/mol. The van der Waals surface area contributed by atoms with Crippen molar-refractivity contribution in [1.29, 1.82) is 0 Å². The molecular weight excluding hydrogens is 239 g/mol. The molecule has 0 saturated heterocycles. The maximum atomic E-state index is 3.44. The number of hydrogen-bond donors (Lipinski definition) is 0. The Morgan fingerprint density at radius 3 is 1.46 bits per heavy atom. The minimum atomic E-state index is 0. The molecule has 1 aliphatic rings. The summed E-state index contributed by atoms with van der Waals surface area (Å²) in [6.45, 7) is 10.9. The molecule has 0 aliphatic heterocycles. The van der Waals surface area contributed by atoms with E-state index in [0.717, 1.165) is 0 Å². The molecule has 0 bridgehead atoms. The first-order valence-corrected chi connectivity index (χ1v) is 3.75. The third kappa shape index (κ3) is 3.79. The Labute approximate surface area is 109 Å². The molecule has 0 N–H and O–H groups in total. The van der Waals surface area contributed by atoms with Crippen molar-refractivity contribution in [3.05, 3.63) is 22.8 Å². The van der Waals surface area contributed by atoms with Crippen LogP contribution >= 0.6 is 24.8 Å². The predicted octanol–water partition coefficient (Wildman–Crippen LogP) is 3.95. The van der Waals surface area contributed by atoms with E-state index in [9.17, 15) is 0 Å². The Kier molecular flexibility index (Phi) is 9.37. The van der Waals surface area contributed by atoms with Crippen molar-refractivity contribution in [2.24, 2.45) is 5.41 Å². The molecule has 0 atom stereocenters. The van der Waals surface area contributed by atoms with Gasteiger partial charge in [-0.2, -0.15) is 11.1 Å². The van der Waals surface area contributed by atoms with Gasteiger partial charge in [0.2, 0.25) is 0 Å². The molecule has 0 heterocycles. The largest absolute Gasteiger partial charge is 0.263 e. The SMILES string of the molecule is CC1=[C-]C(C)(C)C(C)=C1C.Cl.Cl.[Ti]. The first kappa shape index (κ1) is 19.4. The topological polar surface area (TPSA) is 0 Å². The second-order valence-corrected chi connectivity index (χ2v) is 3.62. The number of hydrogen-bond acceptors (Lipinski definition) is 0. The smallest absolute Gasteiger partial charge is 0 e. The van der Waals surface area contributed by atoms with Crippen LogP contribution < -0.4 is 0 Å². The molecule has 1 rings (SSSR count). The second kappa shape index (κ2) is 6.29. The van der Waals surface area contributed by atoms with Crippen molar-refractivity contribution in [3.63, 3.8) is 0 Å². The molecule has 0 radical (unpaired) electrons. The van der Waals surface area contributed by atoms with E-state index < -0.39 is 0 Å². The fourth-order valence-corrected chi connectivity index (χ4v) is 1.41. The molecule has 0 unspecified atom stereocenters. The summed E-state index contributed by atoms with van der Waals surface area (Å²) >= 11 is 0. The van der Waals surface area contributed by atoms with Crippen molar-refractivity contribution < 1.29 is 21.7 Å². The molecule has 13 heavy (non-hydrogen) atoms. The Morgan fingerprint density at radius 2 is 1.38 bits per heavy atom. The zero-order valence-electron chi connectivity index (χ0n) is 8.82. The van der Waals surface area contributed by atoms with Crippen molar-refractivity contribution in [2.45, 2.75) is 34.6 Å². The van der Waals surface area contributed by atoms with Crippen LogP contribution in [0.2, 0.25) is 0 Å². The molecule has 0 aromatic heterocycles. The van der Waals surface area contributed by atoms with E-state index in [1.165, 1.54) is 16.7 Å². The molecule has 1 aliphatic carbocycles. The summed E-state index contributed by atoms with van der Waals surface area (Å²) in [5, 5.41) is 0. The molecule has 0 amide bonds. The van der Waals surface area contributed by atoms with Gasteiger partial charge in [-0.1, -0.05) is 33.1 Å². The molecule has 0 fully saturated rings. The summed E-state index contributed by atoms with van der Waals surface area (Å²) in [5.41, 5.74) is 4.39. The summed E-state index contributed by atoms with van der Waals surface area (Å²) in [6.07, 6.45) is 3.44. The van der Waals surface area contributed by atoms with Gasteiger partial charge in [-0.3, -0.25) is 6.08 Å². The van der Waals surface area contributed by atoms with E-state index in [1.54, 1.807) is 0 Å². The third-order valence-corrected chi connectivity index (χ3v) is 2.56. The van der Waals surface area contributed by atoms with Crippen LogP contribution in [-0.2, 0) is 21.7 Å². The van der Waals surface area contributed by atoms with E-state index >= 15 is 0 Å². The zero-order chi connectivity index (χ0) is 7.94. The van der Waals surface area contributed by atoms with Gasteiger partial charge in [0.15, 0.2) is 0 Å². The first-order chi connectivity index (χ1) is 4.45. The Morgan fingerprint density at radius 1 is 1.00 bits per heavy atom. The van der Waals surface area contributed by atoms with Gasteiger partial charge in [0.1, 0.15) is 0 Å². The molecule has 3 heteroatoms. The van der Waals surface area contributed by atoms with E-state index in [2.05, 4.69) is 40.7 Å². The van der Waals surface area contributed by atoms with E-state index in [-0.39, 0.29) is 51.9 Å². The Balaban J connectivity index is -0.000000333. The van der Waals surface area contributed by atoms with Gasteiger partial charge in [0.05, 0.1) is 0 Å². The van der Waals surface area contributed by atoms with Crippen LogP contribution in [0.1, 0.15) is 34.6 Å². The molecular formula is C10H17Cl2Ti-. The van der Waals surface area contributed by atoms with E-state index in [1.807, 2.05) is 0 Å². The van der Waals surface area contributed by atoms with Crippen LogP contribution in [0.5, 0.6) is 0 Å². The minimum Gasteiger partial charge on any atom is -0.263 e. The molecule has 0 aromatic rings. The van der Waals surface area contributed by atoms with Crippen LogP contribution in [0.25, 0.3) is 0 Å². The molecule has 0 aromatic carbocycles. The maximum Gasteiger partial charge on any atom is 0 e. The fraction of sp³-hybridized carbons (Fsp3) is 0.600. The summed E-state index contributed by atoms with van der Waals surface area (Å²) in [5.74, 6) is 0. The van der Waals surface area contributed by atoms with E-state index in [4.69, 9.17) is 0 Å². The van der Waals surface area contributed by atoms with Gasteiger partial charge in [-0.05, 0) is 0 Å². The van der Waals surface area contributed by atoms with Gasteiger partial charge >= 0.3 is 0 Å². The maximum absolute atomic E-state index is 3.44. The normalized spacial score (nSPS) is 18.1. The van der Waals surface area contributed by atoms with Gasteiger partial charge in [0, 0.05) is 21.7 Å². The monoisotopic (exact) mass is 255 g/mol. The van der Waals surface area contributed by atoms with Crippen LogP contribution in [0.15, 0.2) is 16.7 Å². The Hall–Kier alpha value is 0.774. The van der Waals surface area contributed by atoms with Crippen molar-refractivity contribution >= 4 is 24.8 Å². The molecule has 0 saturated carbocycles. The van der Waals surface area contributed by atoms with Crippen LogP contribution in [-0.4, -0.2) is 0 Å². The van der Waals surface area contributed by atoms with Crippen LogP contribution in [0, 0.1) is 11.5 Å². The third-order valence-electron chi connectivity index (χ3n) is 2.56. The molecule has 76 valence electrons. The van der Waals surface area contributed by atoms with E-state index in [0.29, 0.717) is 0 Å². The standard InChI is InChI=1S/C10H15.2ClH.Ti/c1-7-6-10(4,5)9(3)8(7)2;;;/h1-5H3;2*1H;/q-1;;;. The number of allylic oxidation sites excluding steroid dienone is 4. The zero-order valence-corrected chi connectivity index (χ0v) is 12.0. The number of rotatable bonds is 0. The summed E-state index contributed by atoms with van der Waals surface area (Å²) in [6, 6.07) is 0. The van der Waals surface area contributed by atoms with Crippen molar-refractivity contribution in [2.75, 3.05) is 0 Å². The Bertz CT molecular complexity index is 227. The summed E-state index contributed by atoms with van der Waals surface area (Å²) < 4.78 is 0. The molecule has 0 nitrogen and oxygen atoms in total. The molecule has 0 spiro atoms. The van der Waals surface area contributed by atoms with Gasteiger partial charge in [0.25, 0.3) is 0 Å². The number of halogens is 2. The van der Waals surface area contributed by atoms with Gasteiger partial charge < -0.3 is 0 Å². The fourth-order valence-electron chi connectivity index (χ4n) is 1.41.